The van der Waals surface area contributed by atoms with Gasteiger partial charge in [-0.15, -0.1) is 0 Å². The fourth-order valence-electron chi connectivity index (χ4n) is 1.81. The molecule has 19 heavy (non-hydrogen) atoms. The molecular weight excluding hydrogens is 264 g/mol. The van der Waals surface area contributed by atoms with E-state index in [-0.39, 0.29) is 17.1 Å². The number of nitrogen functional groups attached to an aromatic ring is 1. The molecule has 0 saturated heterocycles. The van der Waals surface area contributed by atoms with Crippen LogP contribution in [0.3, 0.4) is 0 Å². The summed E-state index contributed by atoms with van der Waals surface area (Å²) in [7, 11) is 0. The normalized spacial score (nSPS) is 12.9. The Kier molecular flexibility index (Phi) is 4.58. The molecule has 0 saturated carbocycles. The molecule has 0 radical (unpaired) electrons. The van der Waals surface area contributed by atoms with Crippen molar-refractivity contribution in [2.24, 2.45) is 5.41 Å². The molecule has 0 aromatic heterocycles. The maximum Gasteiger partial charge on any atom is 0.251 e. The van der Waals surface area contributed by atoms with Gasteiger partial charge in [-0.25, -0.2) is 0 Å². The molecule has 1 rings (SSSR count). The van der Waals surface area contributed by atoms with Gasteiger partial charge in [0.2, 0.25) is 0 Å². The summed E-state index contributed by atoms with van der Waals surface area (Å²) < 4.78 is 0. The van der Waals surface area contributed by atoms with Crippen molar-refractivity contribution in [3.63, 3.8) is 0 Å². The van der Waals surface area contributed by atoms with Crippen molar-refractivity contribution in [1.29, 1.82) is 0 Å². The first-order valence-corrected chi connectivity index (χ1v) is 6.37. The zero-order chi connectivity index (χ0) is 14.8. The summed E-state index contributed by atoms with van der Waals surface area (Å²) in [5.74, 6) is -0.417. The van der Waals surface area contributed by atoms with Gasteiger partial charge in [-0.1, -0.05) is 32.4 Å². The van der Waals surface area contributed by atoms with Crippen LogP contribution in [0.25, 0.3) is 0 Å². The molecule has 1 aromatic rings. The predicted molar refractivity (Wildman–Crippen MR) is 77.3 cm³/mol. The van der Waals surface area contributed by atoms with Crippen LogP contribution >= 0.6 is 11.6 Å². The second-order valence-corrected chi connectivity index (χ2v) is 6.03. The van der Waals surface area contributed by atoms with Crippen LogP contribution in [0.15, 0.2) is 18.2 Å². The molecule has 1 unspecified atom stereocenters. The molecule has 5 heteroatoms. The fraction of sp³-hybridized carbons (Fsp3) is 0.429. The van der Waals surface area contributed by atoms with Crippen molar-refractivity contribution >= 4 is 29.0 Å². The summed E-state index contributed by atoms with van der Waals surface area (Å²) in [5, 5.41) is 3.05. The molecule has 0 fully saturated rings. The highest BCUT2D eigenvalue weighted by Gasteiger charge is 2.30. The number of amides is 1. The Hall–Kier alpha value is -1.55. The average Bonchev–Trinajstić information content (AvgIpc) is 2.27. The lowest BCUT2D eigenvalue weighted by Gasteiger charge is -2.29. The molecule has 4 nitrogen and oxygen atoms in total. The Labute approximate surface area is 118 Å². The van der Waals surface area contributed by atoms with Gasteiger partial charge in [0.15, 0.2) is 5.78 Å². The van der Waals surface area contributed by atoms with E-state index in [0.29, 0.717) is 16.3 Å². The van der Waals surface area contributed by atoms with Crippen LogP contribution in [-0.2, 0) is 4.79 Å². The lowest BCUT2D eigenvalue weighted by molar-refractivity contribution is -0.121. The second kappa shape index (κ2) is 5.61. The summed E-state index contributed by atoms with van der Waals surface area (Å²) in [6.07, 6.45) is 0. The van der Waals surface area contributed by atoms with Gasteiger partial charge in [0.1, 0.15) is 0 Å². The highest BCUT2D eigenvalue weighted by atomic mass is 35.5. The van der Waals surface area contributed by atoms with Gasteiger partial charge in [-0.3, -0.25) is 9.59 Å². The van der Waals surface area contributed by atoms with E-state index in [9.17, 15) is 9.59 Å². The number of rotatable bonds is 3. The molecule has 3 N–H and O–H groups in total. The lowest BCUT2D eigenvalue weighted by Crippen LogP contribution is -2.48. The van der Waals surface area contributed by atoms with E-state index in [2.05, 4.69) is 5.32 Å². The van der Waals surface area contributed by atoms with Gasteiger partial charge >= 0.3 is 0 Å². The third-order valence-electron chi connectivity index (χ3n) is 2.81. The molecule has 0 aliphatic carbocycles. The molecule has 0 aliphatic rings. The molecule has 1 atom stereocenters. The van der Waals surface area contributed by atoms with Crippen LogP contribution in [0, 0.1) is 5.41 Å². The van der Waals surface area contributed by atoms with Crippen LogP contribution in [0.4, 0.5) is 5.69 Å². The molecule has 0 bridgehead atoms. The molecule has 0 aliphatic heterocycles. The quantitative estimate of drug-likeness (QED) is 0.837. The maximum atomic E-state index is 12.1. The molecule has 0 spiro atoms. The Bertz CT molecular complexity index is 507. The van der Waals surface area contributed by atoms with Crippen molar-refractivity contribution in [2.45, 2.75) is 33.7 Å². The van der Waals surface area contributed by atoms with Gasteiger partial charge < -0.3 is 11.1 Å². The van der Waals surface area contributed by atoms with Gasteiger partial charge in [0, 0.05) is 5.56 Å². The van der Waals surface area contributed by atoms with Crippen molar-refractivity contribution in [3.05, 3.63) is 28.8 Å². The fourth-order valence-corrected chi connectivity index (χ4v) is 1.99. The number of anilines is 1. The zero-order valence-electron chi connectivity index (χ0n) is 11.6. The Balaban J connectivity index is 2.94. The topological polar surface area (TPSA) is 72.2 Å². The van der Waals surface area contributed by atoms with Gasteiger partial charge in [0.25, 0.3) is 5.91 Å². The summed E-state index contributed by atoms with van der Waals surface area (Å²) in [4.78, 5) is 23.7. The summed E-state index contributed by atoms with van der Waals surface area (Å²) >= 11 is 5.87. The van der Waals surface area contributed by atoms with Crippen molar-refractivity contribution in [1.82, 2.24) is 5.32 Å². The third kappa shape index (κ3) is 3.96. The standard InChI is InChI=1S/C14H19ClN2O2/c1-8(18)12(14(2,3)4)17-13(19)9-5-6-11(16)10(15)7-9/h5-7,12H,16H2,1-4H3,(H,17,19). The number of carbonyl (C=O) groups is 2. The molecule has 104 valence electrons. The van der Waals surface area contributed by atoms with Crippen molar-refractivity contribution in [2.75, 3.05) is 5.73 Å². The number of carbonyl (C=O) groups excluding carboxylic acids is 2. The monoisotopic (exact) mass is 282 g/mol. The zero-order valence-corrected chi connectivity index (χ0v) is 12.3. The van der Waals surface area contributed by atoms with E-state index >= 15 is 0 Å². The number of halogens is 1. The minimum absolute atomic E-state index is 0.0811. The summed E-state index contributed by atoms with van der Waals surface area (Å²) in [6, 6.07) is 4.09. The van der Waals surface area contributed by atoms with Crippen molar-refractivity contribution in [3.8, 4) is 0 Å². The first-order chi connectivity index (χ1) is 8.62. The number of hydrogen-bond acceptors (Lipinski definition) is 3. The van der Waals surface area contributed by atoms with Crippen LogP contribution in [-0.4, -0.2) is 17.7 Å². The number of benzene rings is 1. The SMILES string of the molecule is CC(=O)C(NC(=O)c1ccc(N)c(Cl)c1)C(C)(C)C. The molecule has 0 heterocycles. The minimum Gasteiger partial charge on any atom is -0.398 e. The Morgan fingerprint density at radius 2 is 1.89 bits per heavy atom. The number of nitrogens with one attached hydrogen (secondary N) is 1. The third-order valence-corrected chi connectivity index (χ3v) is 3.14. The largest absolute Gasteiger partial charge is 0.398 e. The van der Waals surface area contributed by atoms with E-state index in [1.165, 1.54) is 13.0 Å². The van der Waals surface area contributed by atoms with Crippen molar-refractivity contribution < 1.29 is 9.59 Å². The average molecular weight is 283 g/mol. The first kappa shape index (κ1) is 15.5. The lowest BCUT2D eigenvalue weighted by atomic mass is 9.84. The van der Waals surface area contributed by atoms with Gasteiger partial charge in [0.05, 0.1) is 16.8 Å². The number of ketones is 1. The predicted octanol–water partition coefficient (Wildman–Crippen LogP) is 2.66. The van der Waals surface area contributed by atoms with E-state index < -0.39 is 6.04 Å². The van der Waals surface area contributed by atoms with Crippen LogP contribution < -0.4 is 11.1 Å². The van der Waals surface area contributed by atoms with Crippen LogP contribution in [0.1, 0.15) is 38.1 Å². The highest BCUT2D eigenvalue weighted by Crippen LogP contribution is 2.22. The Morgan fingerprint density at radius 3 is 2.32 bits per heavy atom. The summed E-state index contributed by atoms with van der Waals surface area (Å²) in [6.45, 7) is 7.16. The maximum absolute atomic E-state index is 12.1. The highest BCUT2D eigenvalue weighted by molar-refractivity contribution is 6.33. The molecular formula is C14H19ClN2O2. The van der Waals surface area contributed by atoms with E-state index in [4.69, 9.17) is 17.3 Å². The smallest absolute Gasteiger partial charge is 0.251 e. The van der Waals surface area contributed by atoms with E-state index in [0.717, 1.165) is 0 Å². The second-order valence-electron chi connectivity index (χ2n) is 5.62. The van der Waals surface area contributed by atoms with Gasteiger partial charge in [-0.05, 0) is 30.5 Å². The molecule has 1 aromatic carbocycles. The van der Waals surface area contributed by atoms with Crippen LogP contribution in [0.5, 0.6) is 0 Å². The minimum atomic E-state index is -0.545. The van der Waals surface area contributed by atoms with E-state index in [1.54, 1.807) is 12.1 Å². The van der Waals surface area contributed by atoms with Crippen LogP contribution in [0.2, 0.25) is 5.02 Å². The number of hydrogen-bond donors (Lipinski definition) is 2. The first-order valence-electron chi connectivity index (χ1n) is 5.99. The molecule has 1 amide bonds. The number of Topliss-reactive ketones (excluding diaryl/α,β-unsaturated/α-hetero) is 1. The summed E-state index contributed by atoms with van der Waals surface area (Å²) in [5.41, 5.74) is 6.04. The Morgan fingerprint density at radius 1 is 1.32 bits per heavy atom. The number of nitrogens with two attached hydrogens (primary N) is 1. The van der Waals surface area contributed by atoms with Gasteiger partial charge in [-0.2, -0.15) is 0 Å². The van der Waals surface area contributed by atoms with E-state index in [1.807, 2.05) is 20.8 Å².